The van der Waals surface area contributed by atoms with Crippen LogP contribution in [0.2, 0.25) is 0 Å². The molecular formula is C15H14N2O2S2. The molecule has 0 saturated heterocycles. The van der Waals surface area contributed by atoms with Crippen LogP contribution in [0.1, 0.15) is 38.3 Å². The molecule has 0 aromatic carbocycles. The molecule has 0 radical (unpaired) electrons. The van der Waals surface area contributed by atoms with Crippen molar-refractivity contribution in [2.75, 3.05) is 0 Å². The highest BCUT2D eigenvalue weighted by atomic mass is 32.1. The molecule has 3 heterocycles. The van der Waals surface area contributed by atoms with E-state index in [2.05, 4.69) is 15.9 Å². The molecule has 3 aromatic heterocycles. The first-order valence-electron chi connectivity index (χ1n) is 6.46. The van der Waals surface area contributed by atoms with E-state index < -0.39 is 0 Å². The summed E-state index contributed by atoms with van der Waals surface area (Å²) < 4.78 is 5.07. The number of nitrogens with one attached hydrogen (secondary N) is 1. The average molecular weight is 318 g/mol. The molecule has 1 N–H and O–H groups in total. The Morgan fingerprint density at radius 3 is 2.76 bits per heavy atom. The fourth-order valence-electron chi connectivity index (χ4n) is 2.22. The number of aromatic nitrogens is 1. The lowest BCUT2D eigenvalue weighted by molar-refractivity contribution is 0.0941. The first-order valence-corrected chi connectivity index (χ1v) is 8.28. The van der Waals surface area contributed by atoms with Crippen molar-refractivity contribution in [3.63, 3.8) is 0 Å². The van der Waals surface area contributed by atoms with E-state index in [9.17, 15) is 4.79 Å². The maximum atomic E-state index is 12.5. The van der Waals surface area contributed by atoms with E-state index in [1.807, 2.05) is 29.0 Å². The highest BCUT2D eigenvalue weighted by Crippen LogP contribution is 2.28. The zero-order valence-corrected chi connectivity index (χ0v) is 13.3. The molecule has 1 atom stereocenters. The van der Waals surface area contributed by atoms with Crippen molar-refractivity contribution in [2.45, 2.75) is 19.9 Å². The van der Waals surface area contributed by atoms with Crippen LogP contribution in [-0.2, 0) is 0 Å². The number of nitrogens with zero attached hydrogens (tertiary/aromatic N) is 1. The van der Waals surface area contributed by atoms with E-state index in [1.165, 1.54) is 0 Å². The number of thiophene rings is 2. The summed E-state index contributed by atoms with van der Waals surface area (Å²) in [4.78, 5) is 13.7. The predicted octanol–water partition coefficient (Wildman–Crippen LogP) is 3.93. The lowest BCUT2D eigenvalue weighted by Crippen LogP contribution is -2.29. The van der Waals surface area contributed by atoms with Gasteiger partial charge in [-0.3, -0.25) is 4.79 Å². The van der Waals surface area contributed by atoms with E-state index in [1.54, 1.807) is 36.5 Å². The molecule has 0 aliphatic heterocycles. The second-order valence-electron chi connectivity index (χ2n) is 4.68. The quantitative estimate of drug-likeness (QED) is 0.793. The fraction of sp³-hybridized carbons (Fsp3) is 0.200. The van der Waals surface area contributed by atoms with Gasteiger partial charge in [0.15, 0.2) is 0 Å². The van der Waals surface area contributed by atoms with Gasteiger partial charge in [0.25, 0.3) is 5.91 Å². The summed E-state index contributed by atoms with van der Waals surface area (Å²) in [5, 5.41) is 13.0. The van der Waals surface area contributed by atoms with Crippen LogP contribution in [0.25, 0.3) is 0 Å². The zero-order valence-electron chi connectivity index (χ0n) is 11.6. The summed E-state index contributed by atoms with van der Waals surface area (Å²) in [6, 6.07) is 5.91. The third kappa shape index (κ3) is 2.77. The van der Waals surface area contributed by atoms with E-state index in [0.717, 1.165) is 10.4 Å². The van der Waals surface area contributed by atoms with Crippen LogP contribution in [0.5, 0.6) is 0 Å². The molecule has 3 rings (SSSR count). The van der Waals surface area contributed by atoms with Gasteiger partial charge in [-0.25, -0.2) is 0 Å². The van der Waals surface area contributed by atoms with Gasteiger partial charge in [0.1, 0.15) is 11.3 Å². The molecule has 1 amide bonds. The first kappa shape index (κ1) is 14.0. The van der Waals surface area contributed by atoms with Crippen molar-refractivity contribution in [2.24, 2.45) is 0 Å². The second kappa shape index (κ2) is 5.83. The van der Waals surface area contributed by atoms with Gasteiger partial charge in [0.05, 0.1) is 11.7 Å². The van der Waals surface area contributed by atoms with Crippen molar-refractivity contribution in [3.8, 4) is 0 Å². The van der Waals surface area contributed by atoms with E-state index in [-0.39, 0.29) is 11.9 Å². The third-order valence-electron chi connectivity index (χ3n) is 3.24. The zero-order chi connectivity index (χ0) is 14.8. The predicted molar refractivity (Wildman–Crippen MR) is 83.9 cm³/mol. The lowest BCUT2D eigenvalue weighted by atomic mass is 10.1. The average Bonchev–Trinajstić information content (AvgIpc) is 3.18. The number of hydrogen-bond acceptors (Lipinski definition) is 5. The van der Waals surface area contributed by atoms with Crippen molar-refractivity contribution in [1.82, 2.24) is 10.5 Å². The van der Waals surface area contributed by atoms with Crippen LogP contribution < -0.4 is 5.32 Å². The minimum atomic E-state index is -0.157. The van der Waals surface area contributed by atoms with Crippen LogP contribution >= 0.6 is 22.7 Å². The van der Waals surface area contributed by atoms with Crippen molar-refractivity contribution >= 4 is 28.6 Å². The molecule has 0 aliphatic rings. The molecular weight excluding hydrogens is 304 g/mol. The number of carbonyl (C=O) groups excluding carboxylic acids is 1. The molecule has 0 bridgehead atoms. The summed E-state index contributed by atoms with van der Waals surface area (Å²) >= 11 is 3.25. The Balaban J connectivity index is 1.91. The number of rotatable bonds is 4. The summed E-state index contributed by atoms with van der Waals surface area (Å²) in [5.41, 5.74) is 2.22. The highest BCUT2D eigenvalue weighted by molar-refractivity contribution is 7.10. The topological polar surface area (TPSA) is 55.1 Å². The minimum absolute atomic E-state index is 0.141. The minimum Gasteiger partial charge on any atom is -0.361 e. The molecule has 6 heteroatoms. The molecule has 0 saturated carbocycles. The van der Waals surface area contributed by atoms with E-state index in [4.69, 9.17) is 4.52 Å². The Morgan fingerprint density at radius 1 is 1.33 bits per heavy atom. The Bertz CT molecular complexity index is 676. The van der Waals surface area contributed by atoms with E-state index >= 15 is 0 Å². The van der Waals surface area contributed by atoms with Crippen molar-refractivity contribution < 1.29 is 9.32 Å². The second-order valence-corrected chi connectivity index (χ2v) is 6.44. The van der Waals surface area contributed by atoms with Crippen LogP contribution in [0.15, 0.2) is 38.9 Å². The van der Waals surface area contributed by atoms with Gasteiger partial charge in [-0.1, -0.05) is 11.2 Å². The first-order chi connectivity index (χ1) is 10.2. The largest absolute Gasteiger partial charge is 0.361 e. The van der Waals surface area contributed by atoms with E-state index in [0.29, 0.717) is 17.0 Å². The molecule has 0 fully saturated rings. The van der Waals surface area contributed by atoms with Gasteiger partial charge in [-0.05, 0) is 47.7 Å². The fourth-order valence-corrected chi connectivity index (χ4v) is 3.71. The highest BCUT2D eigenvalue weighted by Gasteiger charge is 2.23. The van der Waals surface area contributed by atoms with Crippen LogP contribution in [0, 0.1) is 13.8 Å². The monoisotopic (exact) mass is 318 g/mol. The molecule has 108 valence electrons. The van der Waals surface area contributed by atoms with Crippen LogP contribution in [-0.4, -0.2) is 11.1 Å². The lowest BCUT2D eigenvalue weighted by Gasteiger charge is -2.16. The normalized spacial score (nSPS) is 12.3. The maximum absolute atomic E-state index is 12.5. The van der Waals surface area contributed by atoms with Gasteiger partial charge < -0.3 is 9.84 Å². The van der Waals surface area contributed by atoms with Crippen molar-refractivity contribution in [1.29, 1.82) is 0 Å². The number of amides is 1. The number of carbonyl (C=O) groups is 1. The van der Waals surface area contributed by atoms with Crippen molar-refractivity contribution in [3.05, 3.63) is 61.8 Å². The molecule has 3 aromatic rings. The Kier molecular flexibility index (Phi) is 3.90. The molecule has 0 aliphatic carbocycles. The summed E-state index contributed by atoms with van der Waals surface area (Å²) in [6.45, 7) is 3.52. The van der Waals surface area contributed by atoms with Gasteiger partial charge in [0, 0.05) is 4.88 Å². The van der Waals surface area contributed by atoms with Crippen LogP contribution in [0.3, 0.4) is 0 Å². The molecule has 21 heavy (non-hydrogen) atoms. The smallest absolute Gasteiger partial charge is 0.257 e. The van der Waals surface area contributed by atoms with Gasteiger partial charge >= 0.3 is 0 Å². The van der Waals surface area contributed by atoms with Gasteiger partial charge in [0.2, 0.25) is 0 Å². The molecule has 0 spiro atoms. The standard InChI is InChI=1S/C15H14N2O2S2/c1-9-13(10(2)19-17-9)15(18)16-14(11-5-7-20-8-11)12-4-3-6-21-12/h3-8,14H,1-2H3,(H,16,18). The summed E-state index contributed by atoms with van der Waals surface area (Å²) in [7, 11) is 0. The Labute approximate surface area is 130 Å². The number of hydrogen-bond donors (Lipinski definition) is 1. The molecule has 1 unspecified atom stereocenters. The molecule has 4 nitrogen and oxygen atoms in total. The van der Waals surface area contributed by atoms with Gasteiger partial charge in [-0.15, -0.1) is 11.3 Å². The van der Waals surface area contributed by atoms with Crippen LogP contribution in [0.4, 0.5) is 0 Å². The number of aryl methyl sites for hydroxylation is 2. The Hall–Kier alpha value is -1.92. The van der Waals surface area contributed by atoms with Gasteiger partial charge in [-0.2, -0.15) is 11.3 Å². The summed E-state index contributed by atoms with van der Waals surface area (Å²) in [6.07, 6.45) is 0. The third-order valence-corrected chi connectivity index (χ3v) is 4.88. The Morgan fingerprint density at radius 2 is 2.19 bits per heavy atom. The SMILES string of the molecule is Cc1noc(C)c1C(=O)NC(c1ccsc1)c1cccs1. The summed E-state index contributed by atoms with van der Waals surface area (Å²) in [5.74, 6) is 0.385. The maximum Gasteiger partial charge on any atom is 0.257 e.